The molecule has 0 spiro atoms. The number of halogens is 3. The van der Waals surface area contributed by atoms with Gasteiger partial charge in [0.05, 0.1) is 23.0 Å². The van der Waals surface area contributed by atoms with Gasteiger partial charge in [-0.15, -0.1) is 0 Å². The van der Waals surface area contributed by atoms with E-state index in [4.69, 9.17) is 5.26 Å². The molecule has 0 unspecified atom stereocenters. The highest BCUT2D eigenvalue weighted by Crippen LogP contribution is 2.32. The van der Waals surface area contributed by atoms with Gasteiger partial charge in [0.2, 0.25) is 0 Å². The third-order valence-electron chi connectivity index (χ3n) is 1.78. The van der Waals surface area contributed by atoms with Crippen molar-refractivity contribution in [3.8, 4) is 6.07 Å². The molecular formula is C8H4F2IN3O2. The van der Waals surface area contributed by atoms with Gasteiger partial charge in [0.15, 0.2) is 5.69 Å². The number of aromatic nitrogens is 1. The quantitative estimate of drug-likeness (QED) is 0.482. The highest BCUT2D eigenvalue weighted by molar-refractivity contribution is 14.1. The fraction of sp³-hybridized carbons (Fsp3) is 0.250. The van der Waals surface area contributed by atoms with E-state index in [1.54, 1.807) is 28.7 Å². The summed E-state index contributed by atoms with van der Waals surface area (Å²) in [4.78, 5) is 13.1. The molecule has 0 atom stereocenters. The molecule has 0 radical (unpaired) electrons. The molecule has 0 aliphatic heterocycles. The lowest BCUT2D eigenvalue weighted by molar-refractivity contribution is -0.387. The molecule has 1 aromatic heterocycles. The van der Waals surface area contributed by atoms with Gasteiger partial charge in [-0.05, 0) is 22.6 Å². The molecule has 0 fully saturated rings. The first-order valence-electron chi connectivity index (χ1n) is 3.95. The monoisotopic (exact) mass is 339 g/mol. The number of pyridine rings is 1. The summed E-state index contributed by atoms with van der Waals surface area (Å²) in [5, 5.41) is 19.2. The molecule has 1 aromatic rings. The molecule has 0 saturated carbocycles. The Morgan fingerprint density at radius 3 is 2.75 bits per heavy atom. The minimum Gasteiger partial charge on any atom is -0.258 e. The maximum Gasteiger partial charge on any atom is 0.301 e. The number of hydrogen-bond donors (Lipinski definition) is 0. The van der Waals surface area contributed by atoms with Crippen LogP contribution >= 0.6 is 22.6 Å². The van der Waals surface area contributed by atoms with Crippen molar-refractivity contribution >= 4 is 28.3 Å². The fourth-order valence-corrected chi connectivity index (χ4v) is 1.73. The van der Waals surface area contributed by atoms with Crippen molar-refractivity contribution in [1.29, 1.82) is 5.26 Å². The van der Waals surface area contributed by atoms with Gasteiger partial charge in [-0.1, -0.05) is 0 Å². The molecule has 84 valence electrons. The molecular weight excluding hydrogens is 335 g/mol. The van der Waals surface area contributed by atoms with Crippen molar-refractivity contribution < 1.29 is 13.7 Å². The Hall–Kier alpha value is -1.37. The minimum absolute atomic E-state index is 0.0154. The summed E-state index contributed by atoms with van der Waals surface area (Å²) in [6.45, 7) is 0. The van der Waals surface area contributed by atoms with Crippen molar-refractivity contribution in [3.63, 3.8) is 0 Å². The Morgan fingerprint density at radius 1 is 1.69 bits per heavy atom. The van der Waals surface area contributed by atoms with Crippen LogP contribution < -0.4 is 0 Å². The van der Waals surface area contributed by atoms with Crippen LogP contribution in [0.1, 0.15) is 17.7 Å². The first-order valence-corrected chi connectivity index (χ1v) is 5.03. The maximum absolute atomic E-state index is 12.5. The minimum atomic E-state index is -3.03. The van der Waals surface area contributed by atoms with E-state index in [1.165, 1.54) is 0 Å². The Balaban J connectivity index is 3.51. The Labute approximate surface area is 102 Å². The van der Waals surface area contributed by atoms with Crippen molar-refractivity contribution in [2.24, 2.45) is 0 Å². The number of nitro groups is 1. The van der Waals surface area contributed by atoms with Crippen LogP contribution in [0.4, 0.5) is 14.5 Å². The largest absolute Gasteiger partial charge is 0.301 e. The van der Waals surface area contributed by atoms with Crippen molar-refractivity contribution in [3.05, 3.63) is 31.1 Å². The zero-order valence-electron chi connectivity index (χ0n) is 7.65. The van der Waals surface area contributed by atoms with Crippen LogP contribution in [0.15, 0.2) is 6.20 Å². The summed E-state index contributed by atoms with van der Waals surface area (Å²) in [5.74, 6) is 0. The third kappa shape index (κ3) is 2.41. The lowest BCUT2D eigenvalue weighted by Crippen LogP contribution is -2.05. The molecule has 0 saturated heterocycles. The molecule has 5 nitrogen and oxygen atoms in total. The molecule has 0 bridgehead atoms. The predicted molar refractivity (Wildman–Crippen MR) is 57.9 cm³/mol. The second-order valence-corrected chi connectivity index (χ2v) is 3.87. The number of rotatable bonds is 3. The van der Waals surface area contributed by atoms with Gasteiger partial charge in [0.1, 0.15) is 0 Å². The first kappa shape index (κ1) is 12.7. The van der Waals surface area contributed by atoms with Crippen LogP contribution in [0.5, 0.6) is 0 Å². The van der Waals surface area contributed by atoms with E-state index >= 15 is 0 Å². The summed E-state index contributed by atoms with van der Waals surface area (Å²) >= 11 is 1.72. The third-order valence-corrected chi connectivity index (χ3v) is 2.71. The number of nitriles is 1. The van der Waals surface area contributed by atoms with Crippen LogP contribution in [-0.4, -0.2) is 9.91 Å². The van der Waals surface area contributed by atoms with Crippen molar-refractivity contribution in [1.82, 2.24) is 4.98 Å². The smallest absolute Gasteiger partial charge is 0.258 e. The highest BCUT2D eigenvalue weighted by atomic mass is 127. The van der Waals surface area contributed by atoms with Crippen LogP contribution in [-0.2, 0) is 6.42 Å². The number of nitrogens with zero attached hydrogens (tertiary/aromatic N) is 3. The second kappa shape index (κ2) is 5.11. The van der Waals surface area contributed by atoms with E-state index in [1.807, 2.05) is 0 Å². The van der Waals surface area contributed by atoms with Crippen molar-refractivity contribution in [2.75, 3.05) is 0 Å². The lowest BCUT2D eigenvalue weighted by atomic mass is 10.1. The average molecular weight is 339 g/mol. The van der Waals surface area contributed by atoms with Gasteiger partial charge in [-0.2, -0.15) is 5.26 Å². The standard InChI is InChI=1S/C8H4F2IN3O2/c9-8(10)6-7(14(15)16)4(1-2-12)5(11)3-13-6/h3,8H,1H2. The van der Waals surface area contributed by atoms with Gasteiger partial charge in [0, 0.05) is 9.77 Å². The van der Waals surface area contributed by atoms with Gasteiger partial charge in [0.25, 0.3) is 6.43 Å². The van der Waals surface area contributed by atoms with Crippen LogP contribution in [0.3, 0.4) is 0 Å². The Bertz CT molecular complexity index is 473. The summed E-state index contributed by atoms with van der Waals surface area (Å²) < 4.78 is 25.3. The van der Waals surface area contributed by atoms with E-state index in [9.17, 15) is 18.9 Å². The molecule has 8 heteroatoms. The zero-order valence-corrected chi connectivity index (χ0v) is 9.81. The topological polar surface area (TPSA) is 79.8 Å². The molecule has 0 aromatic carbocycles. The maximum atomic E-state index is 12.5. The highest BCUT2D eigenvalue weighted by Gasteiger charge is 2.28. The summed E-state index contributed by atoms with van der Waals surface area (Å²) in [5.41, 5.74) is -1.67. The van der Waals surface area contributed by atoms with Crippen LogP contribution in [0, 0.1) is 25.0 Å². The van der Waals surface area contributed by atoms with Gasteiger partial charge < -0.3 is 0 Å². The van der Waals surface area contributed by atoms with E-state index in [0.29, 0.717) is 3.57 Å². The van der Waals surface area contributed by atoms with Crippen LogP contribution in [0.25, 0.3) is 0 Å². The number of hydrogen-bond acceptors (Lipinski definition) is 4. The van der Waals surface area contributed by atoms with Gasteiger partial charge >= 0.3 is 5.69 Å². The molecule has 16 heavy (non-hydrogen) atoms. The molecule has 0 amide bonds. The van der Waals surface area contributed by atoms with Crippen LogP contribution in [0.2, 0.25) is 0 Å². The predicted octanol–water partition coefficient (Wildman–Crippen LogP) is 2.60. The molecule has 1 rings (SSSR count). The fourth-order valence-electron chi connectivity index (χ4n) is 1.14. The molecule has 0 N–H and O–H groups in total. The summed E-state index contributed by atoms with van der Waals surface area (Å²) in [6.07, 6.45) is -2.23. The Kier molecular flexibility index (Phi) is 4.05. The SMILES string of the molecule is N#CCc1c(I)cnc(C(F)F)c1[N+](=O)[O-]. The van der Waals surface area contributed by atoms with E-state index in [0.717, 1.165) is 6.20 Å². The van der Waals surface area contributed by atoms with Gasteiger partial charge in [-0.3, -0.25) is 10.1 Å². The zero-order chi connectivity index (χ0) is 12.3. The first-order chi connectivity index (χ1) is 7.49. The van der Waals surface area contributed by atoms with Gasteiger partial charge in [-0.25, -0.2) is 13.8 Å². The Morgan fingerprint density at radius 2 is 2.31 bits per heavy atom. The molecule has 1 heterocycles. The van der Waals surface area contributed by atoms with E-state index < -0.39 is 22.7 Å². The van der Waals surface area contributed by atoms with E-state index in [-0.39, 0.29) is 12.0 Å². The average Bonchev–Trinajstić information content (AvgIpc) is 2.20. The molecule has 0 aliphatic carbocycles. The second-order valence-electron chi connectivity index (χ2n) is 2.71. The summed E-state index contributed by atoms with van der Waals surface area (Å²) in [7, 11) is 0. The molecule has 0 aliphatic rings. The normalized spacial score (nSPS) is 10.2. The van der Waals surface area contributed by atoms with Crippen molar-refractivity contribution in [2.45, 2.75) is 12.8 Å². The summed E-state index contributed by atoms with van der Waals surface area (Å²) in [6, 6.07) is 1.70. The van der Waals surface area contributed by atoms with E-state index in [2.05, 4.69) is 4.98 Å². The lowest BCUT2D eigenvalue weighted by Gasteiger charge is -2.05. The number of alkyl halides is 2.